The lowest BCUT2D eigenvalue weighted by Crippen LogP contribution is -1.94. The van der Waals surface area contributed by atoms with Crippen molar-refractivity contribution in [2.45, 2.75) is 0 Å². The molecule has 0 amide bonds. The van der Waals surface area contributed by atoms with Gasteiger partial charge in [-0.3, -0.25) is 0 Å². The Morgan fingerprint density at radius 1 is 1.27 bits per heavy atom. The van der Waals surface area contributed by atoms with Crippen LogP contribution in [0.1, 0.15) is 0 Å². The highest BCUT2D eigenvalue weighted by atomic mass is 79.9. The van der Waals surface area contributed by atoms with E-state index in [0.29, 0.717) is 21.7 Å². The minimum absolute atomic E-state index is 0.349. The van der Waals surface area contributed by atoms with Crippen LogP contribution in [0.4, 0.5) is 10.2 Å². The molecule has 15 heavy (non-hydrogen) atoms. The Morgan fingerprint density at radius 3 is 2.73 bits per heavy atom. The molecule has 1 heterocycles. The van der Waals surface area contributed by atoms with Crippen molar-refractivity contribution in [1.29, 1.82) is 0 Å². The Hall–Kier alpha value is -1.49. The summed E-state index contributed by atoms with van der Waals surface area (Å²) in [6.07, 6.45) is 1.54. The van der Waals surface area contributed by atoms with Crippen molar-refractivity contribution < 1.29 is 4.39 Å². The molecule has 5 heteroatoms. The minimum Gasteiger partial charge on any atom is -0.384 e. The van der Waals surface area contributed by atoms with E-state index < -0.39 is 0 Å². The number of aromatic nitrogens is 2. The maximum atomic E-state index is 13.2. The van der Waals surface area contributed by atoms with Crippen LogP contribution in [0.2, 0.25) is 0 Å². The first-order valence-corrected chi connectivity index (χ1v) is 5.00. The van der Waals surface area contributed by atoms with Crippen molar-refractivity contribution in [3.05, 3.63) is 40.8 Å². The molecular formula is C10H7BrFN3. The van der Waals surface area contributed by atoms with E-state index >= 15 is 0 Å². The molecule has 0 unspecified atom stereocenters. The van der Waals surface area contributed by atoms with E-state index in [-0.39, 0.29) is 5.82 Å². The van der Waals surface area contributed by atoms with E-state index in [0.717, 1.165) is 0 Å². The van der Waals surface area contributed by atoms with E-state index in [2.05, 4.69) is 25.9 Å². The molecule has 1 aromatic carbocycles. The maximum Gasteiger partial charge on any atom is 0.161 e. The molecular weight excluding hydrogens is 261 g/mol. The van der Waals surface area contributed by atoms with Gasteiger partial charge in [-0.1, -0.05) is 0 Å². The van der Waals surface area contributed by atoms with E-state index in [1.165, 1.54) is 12.3 Å². The fourth-order valence-electron chi connectivity index (χ4n) is 1.15. The number of nitrogens with zero attached hydrogens (tertiary/aromatic N) is 2. The molecule has 0 saturated heterocycles. The predicted octanol–water partition coefficient (Wildman–Crippen LogP) is 2.63. The van der Waals surface area contributed by atoms with Crippen LogP contribution in [0.15, 0.2) is 34.9 Å². The second kappa shape index (κ2) is 3.94. The van der Waals surface area contributed by atoms with Crippen LogP contribution in [0.5, 0.6) is 0 Å². The lowest BCUT2D eigenvalue weighted by atomic mass is 10.2. The quantitative estimate of drug-likeness (QED) is 0.864. The molecule has 1 aromatic heterocycles. The van der Waals surface area contributed by atoms with E-state index in [1.54, 1.807) is 18.2 Å². The van der Waals surface area contributed by atoms with Crippen LogP contribution in [0.25, 0.3) is 11.4 Å². The maximum absolute atomic E-state index is 13.2. The summed E-state index contributed by atoms with van der Waals surface area (Å²) in [4.78, 5) is 8.01. The van der Waals surface area contributed by atoms with Crippen LogP contribution in [-0.2, 0) is 0 Å². The average molecular weight is 268 g/mol. The van der Waals surface area contributed by atoms with Gasteiger partial charge in [-0.2, -0.15) is 0 Å². The first-order chi connectivity index (χ1) is 7.16. The standard InChI is InChI=1S/C10H7BrFN3/c11-7-2-1-6(5-8(7)12)10-14-4-3-9(13)15-10/h1-5H,(H2,13,14,15). The SMILES string of the molecule is Nc1ccnc(-c2ccc(Br)c(F)c2)n1. The Kier molecular flexibility index (Phi) is 2.64. The third kappa shape index (κ3) is 2.12. The number of rotatable bonds is 1. The van der Waals surface area contributed by atoms with Gasteiger partial charge >= 0.3 is 0 Å². The highest BCUT2D eigenvalue weighted by Gasteiger charge is 2.05. The molecule has 0 atom stereocenters. The number of halogens is 2. The number of benzene rings is 1. The Morgan fingerprint density at radius 2 is 2.07 bits per heavy atom. The molecule has 2 aromatic rings. The number of nitrogen functional groups attached to an aromatic ring is 1. The van der Waals surface area contributed by atoms with E-state index in [9.17, 15) is 4.39 Å². The van der Waals surface area contributed by atoms with Crippen molar-refractivity contribution in [3.8, 4) is 11.4 Å². The van der Waals surface area contributed by atoms with Gasteiger partial charge < -0.3 is 5.73 Å². The van der Waals surface area contributed by atoms with Crippen LogP contribution in [0, 0.1) is 5.82 Å². The van der Waals surface area contributed by atoms with Crippen LogP contribution >= 0.6 is 15.9 Å². The molecule has 2 N–H and O–H groups in total. The Bertz CT molecular complexity index is 502. The molecule has 0 spiro atoms. The van der Waals surface area contributed by atoms with E-state index in [4.69, 9.17) is 5.73 Å². The summed E-state index contributed by atoms with van der Waals surface area (Å²) in [6, 6.07) is 6.27. The summed E-state index contributed by atoms with van der Waals surface area (Å²) >= 11 is 3.08. The smallest absolute Gasteiger partial charge is 0.161 e. The molecule has 0 aliphatic carbocycles. The highest BCUT2D eigenvalue weighted by Crippen LogP contribution is 2.22. The number of hydrogen-bond acceptors (Lipinski definition) is 3. The van der Waals surface area contributed by atoms with E-state index in [1.807, 2.05) is 0 Å². The fraction of sp³-hybridized carbons (Fsp3) is 0. The van der Waals surface area contributed by atoms with Gasteiger partial charge in [0.05, 0.1) is 4.47 Å². The summed E-state index contributed by atoms with van der Waals surface area (Å²) in [6.45, 7) is 0. The number of hydrogen-bond donors (Lipinski definition) is 1. The third-order valence-electron chi connectivity index (χ3n) is 1.85. The summed E-state index contributed by atoms with van der Waals surface area (Å²) in [7, 11) is 0. The first-order valence-electron chi connectivity index (χ1n) is 4.21. The van der Waals surface area contributed by atoms with Gasteiger partial charge in [-0.25, -0.2) is 14.4 Å². The monoisotopic (exact) mass is 267 g/mol. The van der Waals surface area contributed by atoms with Crippen molar-refractivity contribution in [3.63, 3.8) is 0 Å². The predicted molar refractivity (Wildman–Crippen MR) is 59.5 cm³/mol. The normalized spacial score (nSPS) is 10.3. The molecule has 0 bridgehead atoms. The summed E-state index contributed by atoms with van der Waals surface area (Å²) < 4.78 is 13.6. The van der Waals surface area contributed by atoms with Crippen molar-refractivity contribution in [2.75, 3.05) is 5.73 Å². The largest absolute Gasteiger partial charge is 0.384 e. The molecule has 0 saturated carbocycles. The van der Waals surface area contributed by atoms with Gasteiger partial charge in [0.1, 0.15) is 11.6 Å². The molecule has 0 fully saturated rings. The molecule has 0 aliphatic heterocycles. The van der Waals surface area contributed by atoms with Gasteiger partial charge in [-0.05, 0) is 40.2 Å². The second-order valence-corrected chi connectivity index (χ2v) is 3.79. The van der Waals surface area contributed by atoms with Crippen molar-refractivity contribution >= 4 is 21.7 Å². The zero-order valence-corrected chi connectivity index (χ0v) is 9.20. The Balaban J connectivity index is 2.50. The molecule has 3 nitrogen and oxygen atoms in total. The van der Waals surface area contributed by atoms with Gasteiger partial charge in [0.15, 0.2) is 5.82 Å². The van der Waals surface area contributed by atoms with Gasteiger partial charge in [0, 0.05) is 11.8 Å². The first kappa shape index (κ1) is 10.0. The van der Waals surface area contributed by atoms with Crippen molar-refractivity contribution in [1.82, 2.24) is 9.97 Å². The van der Waals surface area contributed by atoms with Gasteiger partial charge in [-0.15, -0.1) is 0 Å². The number of anilines is 1. The molecule has 2 rings (SSSR count). The average Bonchev–Trinajstić information content (AvgIpc) is 2.22. The zero-order chi connectivity index (χ0) is 10.8. The Labute approximate surface area is 94.3 Å². The molecule has 76 valence electrons. The minimum atomic E-state index is -0.349. The van der Waals surface area contributed by atoms with Gasteiger partial charge in [0.25, 0.3) is 0 Å². The van der Waals surface area contributed by atoms with Gasteiger partial charge in [0.2, 0.25) is 0 Å². The fourth-order valence-corrected chi connectivity index (χ4v) is 1.39. The topological polar surface area (TPSA) is 51.8 Å². The zero-order valence-electron chi connectivity index (χ0n) is 7.61. The second-order valence-electron chi connectivity index (χ2n) is 2.93. The van der Waals surface area contributed by atoms with Crippen LogP contribution in [-0.4, -0.2) is 9.97 Å². The molecule has 0 aliphatic rings. The number of nitrogens with two attached hydrogens (primary N) is 1. The summed E-state index contributed by atoms with van der Waals surface area (Å²) in [5, 5.41) is 0. The summed E-state index contributed by atoms with van der Waals surface area (Å²) in [5.74, 6) is 0.434. The van der Waals surface area contributed by atoms with Crippen LogP contribution < -0.4 is 5.73 Å². The van der Waals surface area contributed by atoms with Crippen LogP contribution in [0.3, 0.4) is 0 Å². The lowest BCUT2D eigenvalue weighted by molar-refractivity contribution is 0.621. The third-order valence-corrected chi connectivity index (χ3v) is 2.50. The van der Waals surface area contributed by atoms with Crippen molar-refractivity contribution in [2.24, 2.45) is 0 Å². The highest BCUT2D eigenvalue weighted by molar-refractivity contribution is 9.10. The summed E-state index contributed by atoms with van der Waals surface area (Å²) in [5.41, 5.74) is 6.11. The lowest BCUT2D eigenvalue weighted by Gasteiger charge is -2.01. The molecule has 0 radical (unpaired) electrons.